The van der Waals surface area contributed by atoms with Crippen molar-refractivity contribution in [2.45, 2.75) is 44.5 Å². The SMILES string of the molecule is BN(C)C(C)CC(=C)C1c2cccc(N=C(c3ccccc3)c3ccccc3)c2NC1BCC. The highest BCUT2D eigenvalue weighted by atomic mass is 15.0. The Morgan fingerprint density at radius 1 is 1.03 bits per heavy atom. The Morgan fingerprint density at radius 2 is 1.65 bits per heavy atom. The van der Waals surface area contributed by atoms with Crippen molar-refractivity contribution < 1.29 is 0 Å². The van der Waals surface area contributed by atoms with Gasteiger partial charge in [-0.3, -0.25) is 0 Å². The molecule has 34 heavy (non-hydrogen) atoms. The fourth-order valence-electron chi connectivity index (χ4n) is 4.90. The van der Waals surface area contributed by atoms with E-state index in [-0.39, 0.29) is 0 Å². The van der Waals surface area contributed by atoms with Crippen LogP contribution in [0.25, 0.3) is 0 Å². The summed E-state index contributed by atoms with van der Waals surface area (Å²) in [6, 6.07) is 27.9. The van der Waals surface area contributed by atoms with Gasteiger partial charge in [-0.2, -0.15) is 0 Å². The van der Waals surface area contributed by atoms with Crippen LogP contribution >= 0.6 is 0 Å². The van der Waals surface area contributed by atoms with E-state index in [0.717, 1.165) is 48.2 Å². The maximum atomic E-state index is 5.26. The third kappa shape index (κ3) is 5.20. The number of aliphatic imine (C=N–C) groups is 1. The van der Waals surface area contributed by atoms with E-state index in [1.165, 1.54) is 11.1 Å². The van der Waals surface area contributed by atoms with Crippen LogP contribution in [0.15, 0.2) is 96.0 Å². The molecule has 5 heteroatoms. The minimum absolute atomic E-state index is 0.310. The zero-order valence-corrected chi connectivity index (χ0v) is 21.0. The predicted octanol–water partition coefficient (Wildman–Crippen LogP) is 5.38. The highest BCUT2D eigenvalue weighted by Crippen LogP contribution is 2.46. The third-order valence-electron chi connectivity index (χ3n) is 6.95. The van der Waals surface area contributed by atoms with Gasteiger partial charge >= 0.3 is 0 Å². The van der Waals surface area contributed by atoms with E-state index in [2.05, 4.69) is 112 Å². The van der Waals surface area contributed by atoms with Gasteiger partial charge in [0.15, 0.2) is 7.98 Å². The first-order valence-corrected chi connectivity index (χ1v) is 12.4. The first kappa shape index (κ1) is 24.1. The minimum Gasteiger partial charge on any atom is -0.387 e. The van der Waals surface area contributed by atoms with Gasteiger partial charge in [0.05, 0.1) is 17.1 Å². The summed E-state index contributed by atoms with van der Waals surface area (Å²) in [4.78, 5) is 7.54. The summed E-state index contributed by atoms with van der Waals surface area (Å²) < 4.78 is 0. The number of nitrogens with one attached hydrogen (secondary N) is 1. The maximum Gasteiger partial charge on any atom is 0.185 e. The summed E-state index contributed by atoms with van der Waals surface area (Å²) in [5.74, 6) is 0.666. The summed E-state index contributed by atoms with van der Waals surface area (Å²) in [5.41, 5.74) is 8.03. The van der Waals surface area contributed by atoms with Gasteiger partial charge in [-0.25, -0.2) is 4.99 Å². The number of para-hydroxylation sites is 1. The lowest BCUT2D eigenvalue weighted by atomic mass is 9.61. The predicted molar refractivity (Wildman–Crippen MR) is 152 cm³/mol. The molecule has 0 spiro atoms. The van der Waals surface area contributed by atoms with Crippen LogP contribution < -0.4 is 5.32 Å². The first-order valence-electron chi connectivity index (χ1n) is 12.4. The van der Waals surface area contributed by atoms with Crippen molar-refractivity contribution in [2.24, 2.45) is 4.99 Å². The van der Waals surface area contributed by atoms with Gasteiger partial charge in [-0.1, -0.05) is 105 Å². The maximum absolute atomic E-state index is 5.26. The van der Waals surface area contributed by atoms with Crippen LogP contribution in [0.1, 0.15) is 42.9 Å². The fourth-order valence-corrected chi connectivity index (χ4v) is 4.90. The molecule has 0 fully saturated rings. The molecule has 1 N–H and O–H groups in total. The number of fused-ring (bicyclic) bond motifs is 1. The second kappa shape index (κ2) is 10.9. The van der Waals surface area contributed by atoms with Crippen molar-refractivity contribution in [3.8, 4) is 0 Å². The minimum atomic E-state index is 0.310. The average molecular weight is 447 g/mol. The third-order valence-corrected chi connectivity index (χ3v) is 6.95. The molecule has 0 amide bonds. The molecule has 0 saturated heterocycles. The standard InChI is InChI=1S/C29H35B2N3/c1-5-31-29-26(20(2)19-21(3)34(4)30)24-17-12-18-25(28(24)33-29)32-27(22-13-8-6-9-14-22)23-15-10-7-11-16-23/h6-18,21,26,29,31,33H,2,5,19,30H2,1,3-4H3. The van der Waals surface area contributed by atoms with E-state index in [4.69, 9.17) is 4.99 Å². The number of hydrogen-bond acceptors (Lipinski definition) is 3. The van der Waals surface area contributed by atoms with Gasteiger partial charge in [0, 0.05) is 23.0 Å². The Balaban J connectivity index is 1.78. The van der Waals surface area contributed by atoms with E-state index >= 15 is 0 Å². The van der Waals surface area contributed by atoms with Crippen molar-refractivity contribution in [3.05, 3.63) is 108 Å². The van der Waals surface area contributed by atoms with Gasteiger partial charge in [-0.15, -0.1) is 0 Å². The molecule has 3 unspecified atom stereocenters. The summed E-state index contributed by atoms with van der Waals surface area (Å²) in [5, 5.41) is 3.86. The summed E-state index contributed by atoms with van der Waals surface area (Å²) >= 11 is 0. The average Bonchev–Trinajstić information content (AvgIpc) is 3.22. The van der Waals surface area contributed by atoms with E-state index < -0.39 is 0 Å². The number of rotatable bonds is 9. The number of benzene rings is 3. The molecule has 3 nitrogen and oxygen atoms in total. The summed E-state index contributed by atoms with van der Waals surface area (Å²) in [6.45, 7) is 9.11. The monoisotopic (exact) mass is 447 g/mol. The zero-order valence-electron chi connectivity index (χ0n) is 21.0. The molecule has 0 bridgehead atoms. The van der Waals surface area contributed by atoms with E-state index in [1.54, 1.807) is 0 Å². The quantitative estimate of drug-likeness (QED) is 0.271. The lowest BCUT2D eigenvalue weighted by Gasteiger charge is -2.27. The Bertz CT molecular complexity index is 1100. The Kier molecular flexibility index (Phi) is 7.74. The number of anilines is 1. The molecule has 1 aliphatic heterocycles. The van der Waals surface area contributed by atoms with Crippen molar-refractivity contribution in [3.63, 3.8) is 0 Å². The molecule has 3 aromatic carbocycles. The lowest BCUT2D eigenvalue weighted by molar-refractivity contribution is 0.411. The molecule has 0 aliphatic carbocycles. The Morgan fingerprint density at radius 3 is 2.21 bits per heavy atom. The molecule has 4 rings (SSSR count). The largest absolute Gasteiger partial charge is 0.387 e. The lowest BCUT2D eigenvalue weighted by Crippen LogP contribution is -2.31. The van der Waals surface area contributed by atoms with Crippen LogP contribution in [0.4, 0.5) is 11.4 Å². The molecule has 1 aliphatic rings. The zero-order chi connectivity index (χ0) is 24.1. The summed E-state index contributed by atoms with van der Waals surface area (Å²) in [7, 11) is 5.40. The van der Waals surface area contributed by atoms with E-state index in [9.17, 15) is 0 Å². The fraction of sp³-hybridized carbons (Fsp3) is 0.276. The second-order valence-corrected chi connectivity index (χ2v) is 9.63. The van der Waals surface area contributed by atoms with Gasteiger partial charge < -0.3 is 10.1 Å². The van der Waals surface area contributed by atoms with Crippen LogP contribution in [-0.4, -0.2) is 44.8 Å². The molecule has 3 atom stereocenters. The van der Waals surface area contributed by atoms with Crippen LogP contribution in [0.5, 0.6) is 0 Å². The van der Waals surface area contributed by atoms with Crippen molar-refractivity contribution >= 4 is 32.3 Å². The second-order valence-electron chi connectivity index (χ2n) is 9.63. The van der Waals surface area contributed by atoms with E-state index in [1.807, 2.05) is 12.1 Å². The van der Waals surface area contributed by atoms with Crippen LogP contribution in [-0.2, 0) is 0 Å². The highest BCUT2D eigenvalue weighted by molar-refractivity contribution is 6.39. The highest BCUT2D eigenvalue weighted by Gasteiger charge is 2.35. The Hall–Kier alpha value is -3.04. The molecule has 1 heterocycles. The molecule has 3 aromatic rings. The molecule has 0 radical (unpaired) electrons. The normalized spacial score (nSPS) is 17.5. The van der Waals surface area contributed by atoms with Crippen molar-refractivity contribution in [1.29, 1.82) is 0 Å². The molecular weight excluding hydrogens is 412 g/mol. The molecular formula is C29H35B2N3. The van der Waals surface area contributed by atoms with Gasteiger partial charge in [0.2, 0.25) is 0 Å². The van der Waals surface area contributed by atoms with Gasteiger partial charge in [0.1, 0.15) is 7.28 Å². The van der Waals surface area contributed by atoms with Gasteiger partial charge in [-0.05, 0) is 31.1 Å². The van der Waals surface area contributed by atoms with Gasteiger partial charge in [0.25, 0.3) is 0 Å². The smallest absolute Gasteiger partial charge is 0.185 e. The first-order chi connectivity index (χ1) is 16.5. The number of nitrogens with zero attached hydrogens (tertiary/aromatic N) is 2. The van der Waals surface area contributed by atoms with Crippen molar-refractivity contribution in [1.82, 2.24) is 4.81 Å². The van der Waals surface area contributed by atoms with Crippen LogP contribution in [0.2, 0.25) is 6.32 Å². The van der Waals surface area contributed by atoms with Crippen molar-refractivity contribution in [2.75, 3.05) is 12.4 Å². The molecule has 172 valence electrons. The molecule has 0 aromatic heterocycles. The Labute approximate surface area is 206 Å². The molecule has 0 saturated carbocycles. The number of hydrogen-bond donors (Lipinski definition) is 1. The topological polar surface area (TPSA) is 27.6 Å². The summed E-state index contributed by atoms with van der Waals surface area (Å²) in [6.07, 6.45) is 2.13. The van der Waals surface area contributed by atoms with E-state index in [0.29, 0.717) is 17.9 Å². The van der Waals surface area contributed by atoms with Crippen LogP contribution in [0, 0.1) is 0 Å². The van der Waals surface area contributed by atoms with Crippen LogP contribution in [0.3, 0.4) is 0 Å².